The van der Waals surface area contributed by atoms with E-state index in [0.29, 0.717) is 80.2 Å². The highest BCUT2D eigenvalue weighted by Gasteiger charge is 2.50. The third-order valence-corrected chi connectivity index (χ3v) is 17.7. The monoisotopic (exact) mass is 1110 g/mol. The van der Waals surface area contributed by atoms with E-state index in [1.165, 1.54) is 12.9 Å². The van der Waals surface area contributed by atoms with Crippen molar-refractivity contribution in [3.05, 3.63) is 132 Å². The smallest absolute Gasteiger partial charge is 0.410 e. The summed E-state index contributed by atoms with van der Waals surface area (Å²) in [6, 6.07) is 31.3. The van der Waals surface area contributed by atoms with Gasteiger partial charge in [0.15, 0.2) is 0 Å². The van der Waals surface area contributed by atoms with E-state index < -0.39 is 50.7 Å². The van der Waals surface area contributed by atoms with E-state index in [-0.39, 0.29) is 54.2 Å². The van der Waals surface area contributed by atoms with Crippen molar-refractivity contribution in [3.63, 3.8) is 0 Å². The lowest BCUT2D eigenvalue weighted by Crippen LogP contribution is -2.63. The minimum absolute atomic E-state index is 0. The number of hydrogen-bond acceptors (Lipinski definition) is 13. The Labute approximate surface area is 445 Å². The van der Waals surface area contributed by atoms with Gasteiger partial charge in [-0.1, -0.05) is 60.7 Å². The second-order valence-electron chi connectivity index (χ2n) is 20.3. The summed E-state index contributed by atoms with van der Waals surface area (Å²) in [7, 11) is -7.65. The lowest BCUT2D eigenvalue weighted by molar-refractivity contribution is -0.0521. The van der Waals surface area contributed by atoms with Crippen molar-refractivity contribution >= 4 is 50.3 Å². The molecule has 25 heteroatoms. The minimum Gasteiger partial charge on any atom is -0.444 e. The standard InChI is InChI=1S/C28H33F2N5O5S.C23H25F2N5O3S.ClH/c1-27(2,3)40-26(36)33-18-28(19-33)13-15-34(16-14-28)41(37,38)35(22-7-5-4-6-8-22)17-20-9-11-21(12-10-20)24-31-32-25(39-24)23(29)30;24-20(25)22-28-27-21(33-22)18-8-6-17(7-9-18)14-30(19-4-2-1-3-5-19)34(31,32)29-12-10-23(11-13-29)15-26-16-23;/h4-12,23H,13-19H2,1-3H3;1-9,20,26H,10-16H2;1H. The van der Waals surface area contributed by atoms with Gasteiger partial charge >= 0.3 is 39.4 Å². The third-order valence-electron chi connectivity index (χ3n) is 13.9. The maximum absolute atomic E-state index is 14.0. The maximum atomic E-state index is 14.0. The average Bonchev–Trinajstić information content (AvgIpc) is 4.11. The molecule has 0 unspecified atom stereocenters. The van der Waals surface area contributed by atoms with Crippen molar-refractivity contribution < 1.29 is 52.8 Å². The first kappa shape index (κ1) is 56.0. The lowest BCUT2D eigenvalue weighted by atomic mass is 9.72. The second-order valence-corrected chi connectivity index (χ2v) is 24.0. The van der Waals surface area contributed by atoms with Crippen LogP contribution in [0.1, 0.15) is 82.2 Å². The number of likely N-dealkylation sites (tertiary alicyclic amines) is 1. The number of ether oxygens (including phenoxy) is 1. The maximum Gasteiger partial charge on any atom is 0.410 e. The molecule has 10 rings (SSSR count). The molecule has 0 bridgehead atoms. The quantitative estimate of drug-likeness (QED) is 0.101. The summed E-state index contributed by atoms with van der Waals surface area (Å²) in [6.07, 6.45) is -3.05. The number of nitrogens with zero attached hydrogens (tertiary/aromatic N) is 9. The van der Waals surface area contributed by atoms with E-state index in [0.717, 1.165) is 31.5 Å². The van der Waals surface area contributed by atoms with Crippen LogP contribution >= 0.6 is 12.4 Å². The number of anilines is 2. The molecule has 0 saturated carbocycles. The van der Waals surface area contributed by atoms with Crippen molar-refractivity contribution in [2.24, 2.45) is 10.8 Å². The fraction of sp³-hybridized carbons (Fsp3) is 0.431. The summed E-state index contributed by atoms with van der Waals surface area (Å²) in [5, 5.41) is 17.3. The van der Waals surface area contributed by atoms with Gasteiger partial charge in [0, 0.05) is 68.9 Å². The predicted molar refractivity (Wildman–Crippen MR) is 277 cm³/mol. The highest BCUT2D eigenvalue weighted by Crippen LogP contribution is 2.43. The number of aromatic nitrogens is 4. The Morgan fingerprint density at radius 3 is 1.33 bits per heavy atom. The molecular weight excluding hydrogens is 1060 g/mol. The van der Waals surface area contributed by atoms with Gasteiger partial charge in [-0.3, -0.25) is 8.61 Å². The summed E-state index contributed by atoms with van der Waals surface area (Å²) in [4.78, 5) is 14.1. The van der Waals surface area contributed by atoms with Crippen molar-refractivity contribution in [1.29, 1.82) is 0 Å². The molecule has 76 heavy (non-hydrogen) atoms. The van der Waals surface area contributed by atoms with Crippen LogP contribution in [0.15, 0.2) is 118 Å². The topological polar surface area (TPSA) is 201 Å². The number of nitrogens with one attached hydrogen (secondary N) is 1. The van der Waals surface area contributed by atoms with Gasteiger partial charge in [0.1, 0.15) is 5.60 Å². The Hall–Kier alpha value is -6.18. The Morgan fingerprint density at radius 2 is 1.00 bits per heavy atom. The third kappa shape index (κ3) is 12.6. The Kier molecular flexibility index (Phi) is 16.8. The molecule has 0 radical (unpaired) electrons. The Balaban J connectivity index is 0.000000202. The number of para-hydroxylation sites is 2. The average molecular weight is 1120 g/mol. The van der Waals surface area contributed by atoms with Gasteiger partial charge in [0.2, 0.25) is 11.8 Å². The van der Waals surface area contributed by atoms with Gasteiger partial charge in [-0.15, -0.1) is 32.8 Å². The molecule has 6 heterocycles. The van der Waals surface area contributed by atoms with E-state index in [2.05, 4.69) is 25.7 Å². The van der Waals surface area contributed by atoms with Gasteiger partial charge in [-0.2, -0.15) is 43.0 Å². The van der Waals surface area contributed by atoms with E-state index in [9.17, 15) is 39.2 Å². The molecule has 0 atom stereocenters. The van der Waals surface area contributed by atoms with Gasteiger partial charge in [-0.25, -0.2) is 4.79 Å². The summed E-state index contributed by atoms with van der Waals surface area (Å²) in [6.45, 7) is 10.4. The van der Waals surface area contributed by atoms with E-state index >= 15 is 0 Å². The van der Waals surface area contributed by atoms with Crippen LogP contribution in [-0.2, 0) is 38.2 Å². The van der Waals surface area contributed by atoms with Crippen LogP contribution < -0.4 is 13.9 Å². The van der Waals surface area contributed by atoms with Crippen LogP contribution in [0.4, 0.5) is 33.7 Å². The molecular formula is C51H59ClF4N10O8S2. The number of carbonyl (C=O) groups excluding carboxylic acids is 1. The fourth-order valence-corrected chi connectivity index (χ4v) is 12.8. The largest absolute Gasteiger partial charge is 0.444 e. The van der Waals surface area contributed by atoms with Crippen LogP contribution in [0, 0.1) is 10.8 Å². The number of piperidine rings is 2. The molecule has 4 fully saturated rings. The highest BCUT2D eigenvalue weighted by molar-refractivity contribution is 7.90. The first-order chi connectivity index (χ1) is 35.7. The molecule has 4 aliphatic rings. The van der Waals surface area contributed by atoms with Crippen molar-refractivity contribution in [3.8, 4) is 22.9 Å². The first-order valence-corrected chi connectivity index (χ1v) is 27.3. The number of alkyl halides is 4. The fourth-order valence-electron chi connectivity index (χ4n) is 9.55. The number of amides is 1. The summed E-state index contributed by atoms with van der Waals surface area (Å²) in [5.41, 5.74) is 3.02. The van der Waals surface area contributed by atoms with Gasteiger partial charge in [-0.05, 0) is 112 Å². The van der Waals surface area contributed by atoms with Crippen LogP contribution in [-0.4, -0.2) is 115 Å². The highest BCUT2D eigenvalue weighted by atomic mass is 35.5. The molecule has 2 spiro atoms. The van der Waals surface area contributed by atoms with Gasteiger partial charge < -0.3 is 23.8 Å². The second kappa shape index (κ2) is 22.8. The zero-order chi connectivity index (χ0) is 53.2. The summed E-state index contributed by atoms with van der Waals surface area (Å²) in [5.74, 6) is -1.54. The number of rotatable bonds is 14. The van der Waals surface area contributed by atoms with Crippen LogP contribution in [0.5, 0.6) is 0 Å². The molecule has 4 aromatic carbocycles. The molecule has 4 saturated heterocycles. The van der Waals surface area contributed by atoms with Gasteiger partial charge in [0.25, 0.3) is 11.8 Å². The van der Waals surface area contributed by atoms with Crippen LogP contribution in [0.2, 0.25) is 0 Å². The zero-order valence-corrected chi connectivity index (χ0v) is 44.4. The number of halogens is 5. The van der Waals surface area contributed by atoms with Crippen molar-refractivity contribution in [1.82, 2.24) is 39.2 Å². The van der Waals surface area contributed by atoms with Crippen molar-refractivity contribution in [2.75, 3.05) is 61.0 Å². The van der Waals surface area contributed by atoms with Crippen LogP contribution in [0.25, 0.3) is 22.9 Å². The normalized spacial score (nSPS) is 17.6. The minimum atomic E-state index is -3.89. The van der Waals surface area contributed by atoms with Gasteiger partial charge in [0.05, 0.1) is 24.5 Å². The summed E-state index contributed by atoms with van der Waals surface area (Å²) >= 11 is 0. The van der Waals surface area contributed by atoms with E-state index in [4.69, 9.17) is 13.6 Å². The molecule has 408 valence electrons. The van der Waals surface area contributed by atoms with E-state index in [1.807, 2.05) is 45.0 Å². The molecule has 6 aromatic rings. The molecule has 0 aliphatic carbocycles. The molecule has 18 nitrogen and oxygen atoms in total. The zero-order valence-electron chi connectivity index (χ0n) is 42.0. The number of hydrogen-bond donors (Lipinski definition) is 1. The first-order valence-electron chi connectivity index (χ1n) is 24.5. The van der Waals surface area contributed by atoms with Crippen molar-refractivity contribution in [2.45, 2.75) is 78.0 Å². The van der Waals surface area contributed by atoms with Crippen LogP contribution in [0.3, 0.4) is 0 Å². The molecule has 1 N–H and O–H groups in total. The Bertz CT molecular complexity index is 3110. The molecule has 2 aromatic heterocycles. The predicted octanol–water partition coefficient (Wildman–Crippen LogP) is 9.29. The SMILES string of the molecule is CC(C)(C)OC(=O)N1CC2(CCN(S(=O)(=O)N(Cc3ccc(-c4nnc(C(F)F)o4)cc3)c3ccccc3)CC2)C1.Cl.O=S(=O)(N1CCC2(CC1)CNC2)N(Cc1ccc(-c2nnc(C(F)F)o2)cc1)c1ccccc1. The lowest BCUT2D eigenvalue weighted by Gasteiger charge is -2.53. The van der Waals surface area contributed by atoms with E-state index in [1.54, 1.807) is 94.1 Å². The molecule has 4 aliphatic heterocycles. The molecule has 1 amide bonds. The summed E-state index contributed by atoms with van der Waals surface area (Å²) < 4.78 is 128. The number of benzene rings is 4. The number of carbonyl (C=O) groups is 1. The Morgan fingerprint density at radius 1 is 0.618 bits per heavy atom.